The third-order valence-corrected chi connectivity index (χ3v) is 1.83. The lowest BCUT2D eigenvalue weighted by molar-refractivity contribution is -0.147. The molecule has 0 bridgehead atoms. The number of alkyl halides is 1. The number of halogens is 1. The van der Waals surface area contributed by atoms with Gasteiger partial charge in [0.1, 0.15) is 5.67 Å². The first-order valence-electron chi connectivity index (χ1n) is 4.17. The molecule has 0 saturated heterocycles. The summed E-state index contributed by atoms with van der Waals surface area (Å²) >= 11 is 0. The summed E-state index contributed by atoms with van der Waals surface area (Å²) in [5.41, 5.74) is -1.63. The van der Waals surface area contributed by atoms with E-state index >= 15 is 0 Å². The fraction of sp³-hybridized carbons (Fsp3) is 0.889. The zero-order valence-corrected chi connectivity index (χ0v) is 8.10. The summed E-state index contributed by atoms with van der Waals surface area (Å²) < 4.78 is 13.3. The zero-order valence-electron chi connectivity index (χ0n) is 8.10. The van der Waals surface area contributed by atoms with Gasteiger partial charge in [-0.3, -0.25) is 4.79 Å². The third-order valence-electron chi connectivity index (χ3n) is 1.83. The van der Waals surface area contributed by atoms with Crippen molar-refractivity contribution in [3.8, 4) is 0 Å². The Balaban J connectivity index is 4.35. The Morgan fingerprint density at radius 2 is 1.92 bits per heavy atom. The van der Waals surface area contributed by atoms with Gasteiger partial charge in [0.25, 0.3) is 0 Å². The van der Waals surface area contributed by atoms with E-state index in [0.29, 0.717) is 6.42 Å². The molecular formula is C9H17FO2. The van der Waals surface area contributed by atoms with Crippen LogP contribution in [-0.2, 0) is 4.79 Å². The van der Waals surface area contributed by atoms with Crippen molar-refractivity contribution in [2.45, 2.75) is 39.8 Å². The van der Waals surface area contributed by atoms with Crippen molar-refractivity contribution in [3.05, 3.63) is 0 Å². The Kier molecular flexibility index (Phi) is 3.68. The molecule has 1 atom stereocenters. The molecule has 1 unspecified atom stereocenters. The van der Waals surface area contributed by atoms with E-state index in [0.717, 1.165) is 0 Å². The molecule has 0 rings (SSSR count). The highest BCUT2D eigenvalue weighted by molar-refractivity contribution is 5.71. The number of hydrogen-bond donors (Lipinski definition) is 1. The maximum absolute atomic E-state index is 13.3. The molecule has 0 heterocycles. The van der Waals surface area contributed by atoms with Crippen LogP contribution in [-0.4, -0.2) is 16.7 Å². The van der Waals surface area contributed by atoms with Gasteiger partial charge in [-0.15, -0.1) is 0 Å². The molecule has 0 spiro atoms. The van der Waals surface area contributed by atoms with Crippen LogP contribution in [0.15, 0.2) is 0 Å². The van der Waals surface area contributed by atoms with Gasteiger partial charge >= 0.3 is 5.97 Å². The summed E-state index contributed by atoms with van der Waals surface area (Å²) in [6.07, 6.45) is 0.388. The monoisotopic (exact) mass is 176 g/mol. The minimum atomic E-state index is -1.63. The molecule has 2 nitrogen and oxygen atoms in total. The number of carboxylic acids is 1. The number of carbonyl (C=O) groups is 1. The normalized spacial score (nSPS) is 14.8. The molecular weight excluding hydrogens is 159 g/mol. The van der Waals surface area contributed by atoms with Crippen molar-refractivity contribution in [2.75, 3.05) is 0 Å². The number of hydrogen-bond acceptors (Lipinski definition) is 1. The van der Waals surface area contributed by atoms with E-state index in [4.69, 9.17) is 5.11 Å². The number of aliphatic carboxylic acids is 1. The van der Waals surface area contributed by atoms with Crippen LogP contribution in [0.4, 0.5) is 4.39 Å². The molecule has 72 valence electrons. The summed E-state index contributed by atoms with van der Waals surface area (Å²) in [7, 11) is 0. The zero-order chi connectivity index (χ0) is 9.94. The second-order valence-corrected chi connectivity index (χ2v) is 4.08. The first kappa shape index (κ1) is 11.4. The van der Waals surface area contributed by atoms with E-state index in [2.05, 4.69) is 0 Å². The molecule has 0 amide bonds. The molecule has 0 radical (unpaired) electrons. The molecule has 0 aromatic rings. The van der Waals surface area contributed by atoms with Crippen LogP contribution < -0.4 is 0 Å². The van der Waals surface area contributed by atoms with Gasteiger partial charge in [0.2, 0.25) is 0 Å². The first-order valence-corrected chi connectivity index (χ1v) is 4.17. The van der Waals surface area contributed by atoms with Crippen molar-refractivity contribution < 1.29 is 14.3 Å². The van der Waals surface area contributed by atoms with Crippen LogP contribution in [0.5, 0.6) is 0 Å². The standard InChI is InChI=1S/C9H17FO2/c1-6(2)5-7(8(11)12)9(3,4)10/h6-7H,5H2,1-4H3,(H,11,12). The van der Waals surface area contributed by atoms with Crippen LogP contribution in [0.3, 0.4) is 0 Å². The second-order valence-electron chi connectivity index (χ2n) is 4.08. The Bertz CT molecular complexity index is 158. The quantitative estimate of drug-likeness (QED) is 0.714. The lowest BCUT2D eigenvalue weighted by Gasteiger charge is -2.24. The van der Waals surface area contributed by atoms with Crippen LogP contribution >= 0.6 is 0 Å². The van der Waals surface area contributed by atoms with Crippen molar-refractivity contribution in [1.82, 2.24) is 0 Å². The number of rotatable bonds is 4. The van der Waals surface area contributed by atoms with E-state index in [1.807, 2.05) is 13.8 Å². The van der Waals surface area contributed by atoms with Crippen LogP contribution in [0.1, 0.15) is 34.1 Å². The minimum absolute atomic E-state index is 0.209. The average molecular weight is 176 g/mol. The van der Waals surface area contributed by atoms with Gasteiger partial charge in [-0.2, -0.15) is 0 Å². The van der Waals surface area contributed by atoms with Crippen molar-refractivity contribution in [2.24, 2.45) is 11.8 Å². The van der Waals surface area contributed by atoms with E-state index in [9.17, 15) is 9.18 Å². The average Bonchev–Trinajstić information content (AvgIpc) is 1.79. The molecule has 0 aliphatic rings. The van der Waals surface area contributed by atoms with E-state index in [-0.39, 0.29) is 5.92 Å². The highest BCUT2D eigenvalue weighted by Crippen LogP contribution is 2.27. The summed E-state index contributed by atoms with van der Waals surface area (Å²) in [4.78, 5) is 10.6. The van der Waals surface area contributed by atoms with Gasteiger partial charge in [-0.05, 0) is 26.2 Å². The van der Waals surface area contributed by atoms with Gasteiger partial charge < -0.3 is 5.11 Å². The Hall–Kier alpha value is -0.600. The Labute approximate surface area is 72.8 Å². The van der Waals surface area contributed by atoms with E-state index in [1.54, 1.807) is 0 Å². The topological polar surface area (TPSA) is 37.3 Å². The molecule has 1 N–H and O–H groups in total. The lowest BCUT2D eigenvalue weighted by atomic mass is 9.85. The highest BCUT2D eigenvalue weighted by Gasteiger charge is 2.35. The molecule has 0 aromatic carbocycles. The largest absolute Gasteiger partial charge is 0.481 e. The van der Waals surface area contributed by atoms with Gasteiger partial charge in [0.05, 0.1) is 5.92 Å². The molecule has 3 heteroatoms. The number of carboxylic acid groups (broad SMARTS) is 1. The Morgan fingerprint density at radius 1 is 1.50 bits per heavy atom. The van der Waals surface area contributed by atoms with Crippen molar-refractivity contribution in [3.63, 3.8) is 0 Å². The van der Waals surface area contributed by atoms with Gasteiger partial charge in [-0.25, -0.2) is 4.39 Å². The lowest BCUT2D eigenvalue weighted by Crippen LogP contribution is -2.33. The second kappa shape index (κ2) is 3.87. The van der Waals surface area contributed by atoms with E-state index < -0.39 is 17.6 Å². The Morgan fingerprint density at radius 3 is 2.00 bits per heavy atom. The molecule has 0 fully saturated rings. The fourth-order valence-corrected chi connectivity index (χ4v) is 1.15. The maximum atomic E-state index is 13.3. The van der Waals surface area contributed by atoms with Crippen LogP contribution in [0.25, 0.3) is 0 Å². The summed E-state index contributed by atoms with van der Waals surface area (Å²) in [6, 6.07) is 0. The molecule has 0 aromatic heterocycles. The minimum Gasteiger partial charge on any atom is -0.481 e. The highest BCUT2D eigenvalue weighted by atomic mass is 19.1. The van der Waals surface area contributed by atoms with E-state index in [1.165, 1.54) is 13.8 Å². The van der Waals surface area contributed by atoms with Gasteiger partial charge in [0, 0.05) is 0 Å². The summed E-state index contributed by atoms with van der Waals surface area (Å²) in [6.45, 7) is 6.41. The van der Waals surface area contributed by atoms with Gasteiger partial charge in [-0.1, -0.05) is 13.8 Å². The smallest absolute Gasteiger partial charge is 0.309 e. The fourth-order valence-electron chi connectivity index (χ4n) is 1.15. The van der Waals surface area contributed by atoms with Gasteiger partial charge in [0.15, 0.2) is 0 Å². The maximum Gasteiger partial charge on any atom is 0.309 e. The SMILES string of the molecule is CC(C)CC(C(=O)O)C(C)(C)F. The molecule has 0 aliphatic carbocycles. The van der Waals surface area contributed by atoms with Crippen molar-refractivity contribution in [1.29, 1.82) is 0 Å². The summed E-state index contributed by atoms with van der Waals surface area (Å²) in [5, 5.41) is 8.72. The summed E-state index contributed by atoms with van der Waals surface area (Å²) in [5.74, 6) is -1.73. The first-order chi connectivity index (χ1) is 5.25. The van der Waals surface area contributed by atoms with Crippen molar-refractivity contribution >= 4 is 5.97 Å². The molecule has 12 heavy (non-hydrogen) atoms. The predicted octanol–water partition coefficient (Wildman–Crippen LogP) is 2.48. The molecule has 0 aliphatic heterocycles. The van der Waals surface area contributed by atoms with Crippen LogP contribution in [0, 0.1) is 11.8 Å². The van der Waals surface area contributed by atoms with Crippen LogP contribution in [0.2, 0.25) is 0 Å². The third kappa shape index (κ3) is 3.69. The predicted molar refractivity (Wildman–Crippen MR) is 45.8 cm³/mol. The molecule has 0 saturated carbocycles.